The van der Waals surface area contributed by atoms with Gasteiger partial charge in [0.1, 0.15) is 17.0 Å². The van der Waals surface area contributed by atoms with Crippen LogP contribution in [0, 0.1) is 13.8 Å². The number of carbonyl (C=O) groups is 1. The molecule has 0 saturated heterocycles. The highest BCUT2D eigenvalue weighted by atomic mass is 16.6. The van der Waals surface area contributed by atoms with Gasteiger partial charge >= 0.3 is 6.09 Å². The molecule has 11 nitrogen and oxygen atoms in total. The summed E-state index contributed by atoms with van der Waals surface area (Å²) in [6.45, 7) is 6.23. The Bertz CT molecular complexity index is 1360. The monoisotopic (exact) mass is 480 g/mol. The second-order valence-electron chi connectivity index (χ2n) is 8.20. The van der Waals surface area contributed by atoms with Gasteiger partial charge in [0, 0.05) is 12.6 Å². The maximum atomic E-state index is 13.6. The first-order chi connectivity index (χ1) is 16.9. The maximum Gasteiger partial charge on any atom is 0.417 e. The van der Waals surface area contributed by atoms with Gasteiger partial charge in [-0.2, -0.15) is 4.98 Å². The van der Waals surface area contributed by atoms with E-state index >= 15 is 0 Å². The summed E-state index contributed by atoms with van der Waals surface area (Å²) < 4.78 is 17.4. The fraction of sp³-hybridized carbons (Fsp3) is 0.375. The molecule has 3 aromatic heterocycles. The summed E-state index contributed by atoms with van der Waals surface area (Å²) in [5, 5.41) is 7.99. The van der Waals surface area contributed by atoms with Crippen LogP contribution < -0.4 is 16.0 Å². The maximum absolute atomic E-state index is 13.6. The van der Waals surface area contributed by atoms with Gasteiger partial charge in [-0.3, -0.25) is 14.3 Å². The second-order valence-corrected chi connectivity index (χ2v) is 8.20. The van der Waals surface area contributed by atoms with Crippen molar-refractivity contribution in [3.8, 4) is 5.88 Å². The first-order valence-corrected chi connectivity index (χ1v) is 11.4. The Labute approximate surface area is 201 Å². The van der Waals surface area contributed by atoms with Gasteiger partial charge in [0.05, 0.1) is 18.3 Å². The molecule has 0 aliphatic carbocycles. The van der Waals surface area contributed by atoms with E-state index in [2.05, 4.69) is 15.3 Å². The summed E-state index contributed by atoms with van der Waals surface area (Å²) in [6, 6.07) is 10.5. The number of benzene rings is 1. The van der Waals surface area contributed by atoms with Crippen molar-refractivity contribution in [2.75, 3.05) is 13.1 Å². The summed E-state index contributed by atoms with van der Waals surface area (Å²) in [7, 11) is 0. The topological polar surface area (TPSA) is 143 Å². The predicted molar refractivity (Wildman–Crippen MR) is 127 cm³/mol. The highest BCUT2D eigenvalue weighted by Gasteiger charge is 2.31. The standard InChI is InChI=1S/C24H28N6O5/c1-4-18(29(12-8-11-25)24(32)33-19-13-15(2)34-28-19)21-26-22-20(16(3)27-35-22)23(31)30(21)14-17-9-6-5-7-10-17/h5-7,9-10,13,18H,4,8,11-12,14,25H2,1-3H3. The molecule has 0 aliphatic rings. The smallest absolute Gasteiger partial charge is 0.388 e. The Morgan fingerprint density at radius 2 is 1.97 bits per heavy atom. The molecule has 11 heteroatoms. The molecule has 1 unspecified atom stereocenters. The molecule has 4 aromatic rings. The van der Waals surface area contributed by atoms with Crippen LogP contribution in [0.3, 0.4) is 0 Å². The fourth-order valence-corrected chi connectivity index (χ4v) is 3.97. The molecule has 35 heavy (non-hydrogen) atoms. The molecule has 2 N–H and O–H groups in total. The first kappa shape index (κ1) is 24.1. The number of hydrogen-bond acceptors (Lipinski definition) is 9. The molecule has 4 rings (SSSR count). The molecule has 3 heterocycles. The average molecular weight is 481 g/mol. The number of aromatic nitrogens is 4. The van der Waals surface area contributed by atoms with Gasteiger partial charge < -0.3 is 19.5 Å². The molecule has 0 radical (unpaired) electrons. The van der Waals surface area contributed by atoms with Gasteiger partial charge in [-0.25, -0.2) is 4.79 Å². The van der Waals surface area contributed by atoms with Crippen molar-refractivity contribution in [3.05, 3.63) is 69.6 Å². The Morgan fingerprint density at radius 1 is 1.20 bits per heavy atom. The highest BCUT2D eigenvalue weighted by Crippen LogP contribution is 2.26. The third-order valence-corrected chi connectivity index (χ3v) is 5.68. The molecule has 0 saturated carbocycles. The quantitative estimate of drug-likeness (QED) is 0.381. The van der Waals surface area contributed by atoms with Crippen LogP contribution in [0.5, 0.6) is 5.88 Å². The number of amides is 1. The Kier molecular flexibility index (Phi) is 7.25. The zero-order valence-corrected chi connectivity index (χ0v) is 19.9. The average Bonchev–Trinajstić information content (AvgIpc) is 3.43. The van der Waals surface area contributed by atoms with Gasteiger partial charge in [-0.1, -0.05) is 42.4 Å². The van der Waals surface area contributed by atoms with E-state index in [4.69, 9.17) is 19.5 Å². The third-order valence-electron chi connectivity index (χ3n) is 5.68. The van der Waals surface area contributed by atoms with E-state index in [1.165, 1.54) is 11.0 Å². The molecular weight excluding hydrogens is 452 g/mol. The van der Waals surface area contributed by atoms with Crippen LogP contribution in [0.25, 0.3) is 11.1 Å². The number of ether oxygens (including phenoxy) is 1. The molecule has 0 aliphatic heterocycles. The summed E-state index contributed by atoms with van der Waals surface area (Å²) in [5.41, 5.74) is 6.96. The lowest BCUT2D eigenvalue weighted by Crippen LogP contribution is -2.41. The van der Waals surface area contributed by atoms with Gasteiger partial charge in [-0.15, -0.1) is 0 Å². The molecule has 0 spiro atoms. The van der Waals surface area contributed by atoms with Gasteiger partial charge in [0.2, 0.25) is 0 Å². The number of aryl methyl sites for hydroxylation is 2. The van der Waals surface area contributed by atoms with Crippen LogP contribution >= 0.6 is 0 Å². The number of carbonyl (C=O) groups excluding carboxylic acids is 1. The van der Waals surface area contributed by atoms with E-state index in [-0.39, 0.29) is 23.7 Å². The predicted octanol–water partition coefficient (Wildman–Crippen LogP) is 3.34. The van der Waals surface area contributed by atoms with Crippen LogP contribution in [0.2, 0.25) is 0 Å². The van der Waals surface area contributed by atoms with Crippen LogP contribution in [0.15, 0.2) is 50.2 Å². The molecule has 1 amide bonds. The van der Waals surface area contributed by atoms with Crippen molar-refractivity contribution < 1.29 is 18.6 Å². The molecule has 1 aromatic carbocycles. The Hall–Kier alpha value is -3.99. The summed E-state index contributed by atoms with van der Waals surface area (Å²) in [6.07, 6.45) is 0.334. The second kappa shape index (κ2) is 10.5. The molecule has 0 bridgehead atoms. The lowest BCUT2D eigenvalue weighted by atomic mass is 10.1. The minimum Gasteiger partial charge on any atom is -0.388 e. The minimum absolute atomic E-state index is 0.0519. The number of rotatable bonds is 9. The Balaban J connectivity index is 1.81. The zero-order valence-electron chi connectivity index (χ0n) is 19.9. The summed E-state index contributed by atoms with van der Waals surface area (Å²) >= 11 is 0. The van der Waals surface area contributed by atoms with Gasteiger partial charge in [-0.05, 0) is 44.0 Å². The normalized spacial score (nSPS) is 12.1. The molecule has 1 atom stereocenters. The SMILES string of the molecule is CCC(c1nc2onc(C)c2c(=O)n1Cc1ccccc1)N(CCCN)C(=O)Oc1cc(C)on1. The van der Waals surface area contributed by atoms with Crippen LogP contribution in [-0.2, 0) is 6.54 Å². The molecule has 0 fully saturated rings. The van der Waals surface area contributed by atoms with E-state index in [1.807, 2.05) is 37.3 Å². The van der Waals surface area contributed by atoms with E-state index < -0.39 is 12.1 Å². The van der Waals surface area contributed by atoms with Crippen molar-refractivity contribution in [2.24, 2.45) is 5.73 Å². The fourth-order valence-electron chi connectivity index (χ4n) is 3.97. The van der Waals surface area contributed by atoms with Crippen molar-refractivity contribution in [2.45, 2.75) is 46.2 Å². The highest BCUT2D eigenvalue weighted by molar-refractivity contribution is 5.75. The summed E-state index contributed by atoms with van der Waals surface area (Å²) in [5.74, 6) is 0.934. The van der Waals surface area contributed by atoms with Crippen molar-refractivity contribution in [3.63, 3.8) is 0 Å². The van der Waals surface area contributed by atoms with E-state index in [9.17, 15) is 9.59 Å². The number of hydrogen-bond donors (Lipinski definition) is 1. The van der Waals surface area contributed by atoms with Gasteiger partial charge in [0.25, 0.3) is 17.2 Å². The van der Waals surface area contributed by atoms with Gasteiger partial charge in [0.15, 0.2) is 0 Å². The van der Waals surface area contributed by atoms with Crippen molar-refractivity contribution in [1.82, 2.24) is 24.8 Å². The lowest BCUT2D eigenvalue weighted by Gasteiger charge is -2.30. The van der Waals surface area contributed by atoms with E-state index in [0.29, 0.717) is 48.6 Å². The molecular formula is C24H28N6O5. The van der Waals surface area contributed by atoms with Crippen LogP contribution in [-0.4, -0.2) is 43.9 Å². The number of nitrogens with zero attached hydrogens (tertiary/aromatic N) is 5. The zero-order chi connectivity index (χ0) is 24.9. The number of fused-ring (bicyclic) bond motifs is 1. The lowest BCUT2D eigenvalue weighted by molar-refractivity contribution is 0.121. The first-order valence-electron chi connectivity index (χ1n) is 11.4. The van der Waals surface area contributed by atoms with Crippen molar-refractivity contribution in [1.29, 1.82) is 0 Å². The molecule has 184 valence electrons. The van der Waals surface area contributed by atoms with E-state index in [0.717, 1.165) is 5.56 Å². The van der Waals surface area contributed by atoms with Crippen molar-refractivity contribution >= 4 is 17.2 Å². The summed E-state index contributed by atoms with van der Waals surface area (Å²) in [4.78, 5) is 33.0. The third kappa shape index (κ3) is 5.09. The van der Waals surface area contributed by atoms with E-state index in [1.54, 1.807) is 18.4 Å². The van der Waals surface area contributed by atoms with Crippen LogP contribution in [0.4, 0.5) is 4.79 Å². The minimum atomic E-state index is -0.645. The largest absolute Gasteiger partial charge is 0.417 e. The Morgan fingerprint density at radius 3 is 2.63 bits per heavy atom. The number of nitrogens with two attached hydrogens (primary N) is 1. The van der Waals surface area contributed by atoms with Crippen LogP contribution in [0.1, 0.15) is 48.6 Å².